The van der Waals surface area contributed by atoms with Crippen molar-refractivity contribution in [3.05, 3.63) is 94.0 Å². The Labute approximate surface area is 174 Å². The summed E-state index contributed by atoms with van der Waals surface area (Å²) in [5.41, 5.74) is 1.34. The third kappa shape index (κ3) is 5.91. The van der Waals surface area contributed by atoms with Gasteiger partial charge in [-0.2, -0.15) is 0 Å². The van der Waals surface area contributed by atoms with E-state index in [2.05, 4.69) is 5.32 Å². The Morgan fingerprint density at radius 3 is 2.11 bits per heavy atom. The Bertz CT molecular complexity index is 915. The van der Waals surface area contributed by atoms with Crippen LogP contribution >= 0.6 is 23.2 Å². The zero-order valence-corrected chi connectivity index (χ0v) is 16.5. The van der Waals surface area contributed by atoms with Crippen molar-refractivity contribution in [2.45, 2.75) is 6.54 Å². The van der Waals surface area contributed by atoms with Gasteiger partial charge in [-0.1, -0.05) is 47.5 Å². The van der Waals surface area contributed by atoms with E-state index in [-0.39, 0.29) is 5.91 Å². The molecule has 0 bridgehead atoms. The van der Waals surface area contributed by atoms with Crippen LogP contribution in [0.2, 0.25) is 10.0 Å². The van der Waals surface area contributed by atoms with Crippen LogP contribution in [-0.4, -0.2) is 19.1 Å². The first-order valence-corrected chi connectivity index (χ1v) is 9.50. The van der Waals surface area contributed by atoms with Crippen molar-refractivity contribution in [3.8, 4) is 11.5 Å². The molecule has 0 aromatic heterocycles. The third-order valence-corrected chi connectivity index (χ3v) is 4.52. The van der Waals surface area contributed by atoms with Gasteiger partial charge in [0, 0.05) is 22.2 Å². The summed E-state index contributed by atoms with van der Waals surface area (Å²) in [6.45, 7) is 1.17. The highest BCUT2D eigenvalue weighted by Crippen LogP contribution is 2.21. The van der Waals surface area contributed by atoms with Crippen LogP contribution in [-0.2, 0) is 6.54 Å². The van der Waals surface area contributed by atoms with Crippen LogP contribution < -0.4 is 14.8 Å². The predicted octanol–water partition coefficient (Wildman–Crippen LogP) is 5.38. The van der Waals surface area contributed by atoms with Gasteiger partial charge in [-0.05, 0) is 54.1 Å². The summed E-state index contributed by atoms with van der Waals surface area (Å²) < 4.78 is 11.2. The lowest BCUT2D eigenvalue weighted by atomic mass is 10.2. The second kappa shape index (κ2) is 10.0. The number of nitrogens with one attached hydrogen (secondary N) is 1. The number of hydrogen-bond donors (Lipinski definition) is 1. The molecule has 0 spiro atoms. The number of carbonyl (C=O) groups excluding carboxylic acids is 1. The highest BCUT2D eigenvalue weighted by molar-refractivity contribution is 6.35. The van der Waals surface area contributed by atoms with Crippen molar-refractivity contribution >= 4 is 29.1 Å². The number of carbonyl (C=O) groups is 1. The van der Waals surface area contributed by atoms with E-state index in [1.165, 1.54) is 0 Å². The minimum absolute atomic E-state index is 0.190. The van der Waals surface area contributed by atoms with E-state index in [9.17, 15) is 4.79 Å². The van der Waals surface area contributed by atoms with Gasteiger partial charge in [0.15, 0.2) is 0 Å². The molecule has 1 amide bonds. The van der Waals surface area contributed by atoms with Gasteiger partial charge >= 0.3 is 0 Å². The van der Waals surface area contributed by atoms with Crippen LogP contribution in [0.25, 0.3) is 0 Å². The average molecular weight is 416 g/mol. The number of amides is 1. The number of para-hydroxylation sites is 1. The number of rotatable bonds is 8. The SMILES string of the molecule is O=C(NCc1ccc(Cl)cc1Cl)c1ccc(OCCOc2ccccc2)cc1. The Kier molecular flexibility index (Phi) is 7.18. The number of halogens is 2. The summed E-state index contributed by atoms with van der Waals surface area (Å²) in [6.07, 6.45) is 0. The predicted molar refractivity (Wildman–Crippen MR) is 112 cm³/mol. The maximum absolute atomic E-state index is 12.3. The highest BCUT2D eigenvalue weighted by Gasteiger charge is 2.07. The fraction of sp³-hybridized carbons (Fsp3) is 0.136. The zero-order chi connectivity index (χ0) is 19.8. The van der Waals surface area contributed by atoms with Crippen molar-refractivity contribution < 1.29 is 14.3 Å². The van der Waals surface area contributed by atoms with Crippen LogP contribution in [0.3, 0.4) is 0 Å². The second-order valence-electron chi connectivity index (χ2n) is 5.95. The standard InChI is InChI=1S/C22H19Cl2NO3/c23-18-9-6-17(21(24)14-18)15-25-22(26)16-7-10-20(11-8-16)28-13-12-27-19-4-2-1-3-5-19/h1-11,14H,12-13,15H2,(H,25,26). The Balaban J connectivity index is 1.44. The summed E-state index contributed by atoms with van der Waals surface area (Å²) >= 11 is 12.0. The molecule has 0 heterocycles. The molecule has 0 atom stereocenters. The molecule has 0 fully saturated rings. The van der Waals surface area contributed by atoms with Crippen LogP contribution in [0.4, 0.5) is 0 Å². The molecule has 144 valence electrons. The smallest absolute Gasteiger partial charge is 0.251 e. The first kappa shape index (κ1) is 20.1. The molecule has 0 aliphatic carbocycles. The number of hydrogen-bond acceptors (Lipinski definition) is 3. The first-order valence-electron chi connectivity index (χ1n) is 8.74. The Morgan fingerprint density at radius 2 is 1.46 bits per heavy atom. The van der Waals surface area contributed by atoms with Gasteiger partial charge in [-0.15, -0.1) is 0 Å². The minimum Gasteiger partial charge on any atom is -0.490 e. The quantitative estimate of drug-likeness (QED) is 0.502. The van der Waals surface area contributed by atoms with Crippen molar-refractivity contribution in [1.29, 1.82) is 0 Å². The zero-order valence-electron chi connectivity index (χ0n) is 15.0. The van der Waals surface area contributed by atoms with E-state index in [0.717, 1.165) is 11.3 Å². The molecule has 3 rings (SSSR count). The Hall–Kier alpha value is -2.69. The molecule has 0 saturated heterocycles. The van der Waals surface area contributed by atoms with Crippen molar-refractivity contribution in [3.63, 3.8) is 0 Å². The molecule has 28 heavy (non-hydrogen) atoms. The molecule has 0 radical (unpaired) electrons. The summed E-state index contributed by atoms with van der Waals surface area (Å²) in [5.74, 6) is 1.29. The van der Waals surface area contributed by atoms with E-state index in [1.54, 1.807) is 42.5 Å². The monoisotopic (exact) mass is 415 g/mol. The fourth-order valence-electron chi connectivity index (χ4n) is 2.48. The Morgan fingerprint density at radius 1 is 0.821 bits per heavy atom. The molecule has 3 aromatic rings. The number of ether oxygens (including phenoxy) is 2. The lowest BCUT2D eigenvalue weighted by Gasteiger charge is -2.10. The topological polar surface area (TPSA) is 47.6 Å². The lowest BCUT2D eigenvalue weighted by molar-refractivity contribution is 0.0951. The molecular formula is C22H19Cl2NO3. The maximum Gasteiger partial charge on any atom is 0.251 e. The van der Waals surface area contributed by atoms with Gasteiger partial charge in [-0.25, -0.2) is 0 Å². The summed E-state index contributed by atoms with van der Waals surface area (Å²) in [7, 11) is 0. The molecule has 3 aromatic carbocycles. The first-order chi connectivity index (χ1) is 13.6. The second-order valence-corrected chi connectivity index (χ2v) is 6.80. The average Bonchev–Trinajstić information content (AvgIpc) is 2.71. The van der Waals surface area contributed by atoms with Crippen LogP contribution in [0, 0.1) is 0 Å². The van der Waals surface area contributed by atoms with Gasteiger partial charge in [0.2, 0.25) is 0 Å². The van der Waals surface area contributed by atoms with Crippen molar-refractivity contribution in [1.82, 2.24) is 5.32 Å². The van der Waals surface area contributed by atoms with E-state index in [4.69, 9.17) is 32.7 Å². The van der Waals surface area contributed by atoms with Gasteiger partial charge in [0.1, 0.15) is 24.7 Å². The largest absolute Gasteiger partial charge is 0.490 e. The van der Waals surface area contributed by atoms with Gasteiger partial charge in [0.05, 0.1) is 0 Å². The number of benzene rings is 3. The van der Waals surface area contributed by atoms with Crippen molar-refractivity contribution in [2.24, 2.45) is 0 Å². The molecule has 4 nitrogen and oxygen atoms in total. The highest BCUT2D eigenvalue weighted by atomic mass is 35.5. The molecule has 0 saturated carbocycles. The molecular weight excluding hydrogens is 397 g/mol. The molecule has 0 aliphatic rings. The van der Waals surface area contributed by atoms with Crippen LogP contribution in [0.5, 0.6) is 11.5 Å². The molecule has 0 unspecified atom stereocenters. The van der Waals surface area contributed by atoms with E-state index >= 15 is 0 Å². The van der Waals surface area contributed by atoms with Gasteiger partial charge in [-0.3, -0.25) is 4.79 Å². The van der Waals surface area contributed by atoms with E-state index < -0.39 is 0 Å². The normalized spacial score (nSPS) is 10.4. The van der Waals surface area contributed by atoms with Gasteiger partial charge < -0.3 is 14.8 Å². The summed E-state index contributed by atoms with van der Waals surface area (Å²) in [4.78, 5) is 12.3. The summed E-state index contributed by atoms with van der Waals surface area (Å²) in [5, 5.41) is 3.92. The molecule has 0 aliphatic heterocycles. The minimum atomic E-state index is -0.190. The molecule has 1 N–H and O–H groups in total. The summed E-state index contributed by atoms with van der Waals surface area (Å²) in [6, 6.07) is 21.7. The third-order valence-electron chi connectivity index (χ3n) is 3.94. The van der Waals surface area contributed by atoms with E-state index in [1.807, 2.05) is 30.3 Å². The van der Waals surface area contributed by atoms with E-state index in [0.29, 0.717) is 41.1 Å². The molecule has 6 heteroatoms. The van der Waals surface area contributed by atoms with Crippen molar-refractivity contribution in [2.75, 3.05) is 13.2 Å². The maximum atomic E-state index is 12.3. The van der Waals surface area contributed by atoms with Crippen LogP contribution in [0.15, 0.2) is 72.8 Å². The lowest BCUT2D eigenvalue weighted by Crippen LogP contribution is -2.22. The van der Waals surface area contributed by atoms with Gasteiger partial charge in [0.25, 0.3) is 5.91 Å². The van der Waals surface area contributed by atoms with Crippen LogP contribution in [0.1, 0.15) is 15.9 Å². The fourth-order valence-corrected chi connectivity index (χ4v) is 2.96.